The van der Waals surface area contributed by atoms with Crippen molar-refractivity contribution in [3.63, 3.8) is 0 Å². The standard InChI is InChI=1S/C26H27N5O2/c1-31-15-12-19(13-16-31)18-32-26-29-24-7-3-2-6-23(24)25(30-26)28-20-8-10-21(11-9-20)33-22-5-4-14-27-17-22/h2-11,14,17,19H,12-13,15-16,18H2,1H3,(H,28,29,30). The molecule has 1 aliphatic heterocycles. The first-order valence-corrected chi connectivity index (χ1v) is 11.3. The zero-order chi connectivity index (χ0) is 22.5. The number of piperidine rings is 1. The van der Waals surface area contributed by atoms with Crippen LogP contribution in [-0.4, -0.2) is 46.6 Å². The van der Waals surface area contributed by atoms with E-state index in [9.17, 15) is 0 Å². The van der Waals surface area contributed by atoms with Gasteiger partial charge >= 0.3 is 6.01 Å². The molecule has 168 valence electrons. The van der Waals surface area contributed by atoms with E-state index in [1.807, 2.05) is 60.7 Å². The molecule has 4 aromatic rings. The molecule has 0 amide bonds. The number of rotatable bonds is 7. The number of pyridine rings is 1. The molecule has 1 saturated heterocycles. The third-order valence-corrected chi connectivity index (χ3v) is 5.86. The maximum absolute atomic E-state index is 6.05. The molecule has 1 N–H and O–H groups in total. The van der Waals surface area contributed by atoms with Crippen LogP contribution in [0.15, 0.2) is 73.1 Å². The fourth-order valence-corrected chi connectivity index (χ4v) is 3.92. The lowest BCUT2D eigenvalue weighted by molar-refractivity contribution is 0.154. The molecule has 0 aliphatic carbocycles. The SMILES string of the molecule is CN1CCC(COc2nc(Nc3ccc(Oc4cccnc4)cc3)c3ccccc3n2)CC1. The quantitative estimate of drug-likeness (QED) is 0.418. The van der Waals surface area contributed by atoms with Crippen LogP contribution < -0.4 is 14.8 Å². The summed E-state index contributed by atoms with van der Waals surface area (Å²) >= 11 is 0. The summed E-state index contributed by atoms with van der Waals surface area (Å²) in [4.78, 5) is 15.8. The molecule has 1 fully saturated rings. The normalized spacial score (nSPS) is 14.8. The van der Waals surface area contributed by atoms with E-state index in [2.05, 4.69) is 27.2 Å². The van der Waals surface area contributed by atoms with Gasteiger partial charge in [-0.25, -0.2) is 0 Å². The van der Waals surface area contributed by atoms with E-state index < -0.39 is 0 Å². The van der Waals surface area contributed by atoms with Crippen LogP contribution in [0.3, 0.4) is 0 Å². The first-order valence-electron chi connectivity index (χ1n) is 11.3. The van der Waals surface area contributed by atoms with Gasteiger partial charge in [0.15, 0.2) is 0 Å². The highest BCUT2D eigenvalue weighted by Gasteiger charge is 2.18. The molecule has 0 spiro atoms. The van der Waals surface area contributed by atoms with Gasteiger partial charge in [0, 0.05) is 17.3 Å². The minimum absolute atomic E-state index is 0.409. The fraction of sp³-hybridized carbons (Fsp3) is 0.269. The largest absolute Gasteiger partial charge is 0.463 e. The first-order chi connectivity index (χ1) is 16.2. The monoisotopic (exact) mass is 441 g/mol. The van der Waals surface area contributed by atoms with E-state index in [1.54, 1.807) is 12.4 Å². The summed E-state index contributed by atoms with van der Waals surface area (Å²) < 4.78 is 11.9. The van der Waals surface area contributed by atoms with Crippen LogP contribution in [0.4, 0.5) is 11.5 Å². The number of anilines is 2. The summed E-state index contributed by atoms with van der Waals surface area (Å²) in [5, 5.41) is 4.36. The van der Waals surface area contributed by atoms with Gasteiger partial charge in [0.1, 0.15) is 17.3 Å². The van der Waals surface area contributed by atoms with Crippen molar-refractivity contribution in [3.8, 4) is 17.5 Å². The Bertz CT molecular complexity index is 1190. The minimum Gasteiger partial charge on any atom is -0.463 e. The molecule has 0 saturated carbocycles. The lowest BCUT2D eigenvalue weighted by Crippen LogP contribution is -2.32. The fourth-order valence-electron chi connectivity index (χ4n) is 3.92. The van der Waals surface area contributed by atoms with Crippen molar-refractivity contribution in [1.29, 1.82) is 0 Å². The van der Waals surface area contributed by atoms with Crippen molar-refractivity contribution in [2.24, 2.45) is 5.92 Å². The molecule has 0 atom stereocenters. The number of hydrogen-bond donors (Lipinski definition) is 1. The first kappa shape index (κ1) is 21.2. The molecule has 2 aromatic carbocycles. The summed E-state index contributed by atoms with van der Waals surface area (Å²) in [6.45, 7) is 2.87. The summed E-state index contributed by atoms with van der Waals surface area (Å²) in [6.07, 6.45) is 5.69. The molecule has 7 nitrogen and oxygen atoms in total. The van der Waals surface area contributed by atoms with E-state index in [-0.39, 0.29) is 0 Å². The number of ether oxygens (including phenoxy) is 2. The zero-order valence-electron chi connectivity index (χ0n) is 18.6. The Hall–Kier alpha value is -3.71. The predicted molar refractivity (Wildman–Crippen MR) is 129 cm³/mol. The van der Waals surface area contributed by atoms with E-state index in [0.29, 0.717) is 24.3 Å². The van der Waals surface area contributed by atoms with Crippen molar-refractivity contribution < 1.29 is 9.47 Å². The Morgan fingerprint density at radius 2 is 1.76 bits per heavy atom. The summed E-state index contributed by atoms with van der Waals surface area (Å²) in [6, 6.07) is 19.8. The molecule has 33 heavy (non-hydrogen) atoms. The Morgan fingerprint density at radius 3 is 2.55 bits per heavy atom. The van der Waals surface area contributed by atoms with Crippen LogP contribution >= 0.6 is 0 Å². The Balaban J connectivity index is 1.31. The van der Waals surface area contributed by atoms with E-state index >= 15 is 0 Å². The van der Waals surface area contributed by atoms with Crippen molar-refractivity contribution in [2.45, 2.75) is 12.8 Å². The van der Waals surface area contributed by atoms with Gasteiger partial charge in [0.25, 0.3) is 0 Å². The van der Waals surface area contributed by atoms with Crippen LogP contribution in [-0.2, 0) is 0 Å². The number of nitrogens with one attached hydrogen (secondary N) is 1. The van der Waals surface area contributed by atoms with Gasteiger partial charge in [-0.05, 0) is 87.4 Å². The number of fused-ring (bicyclic) bond motifs is 1. The van der Waals surface area contributed by atoms with Gasteiger partial charge in [0.05, 0.1) is 18.3 Å². The highest BCUT2D eigenvalue weighted by Crippen LogP contribution is 2.28. The molecule has 1 aliphatic rings. The lowest BCUT2D eigenvalue weighted by Gasteiger charge is -2.28. The van der Waals surface area contributed by atoms with Gasteiger partial charge in [0.2, 0.25) is 0 Å². The molecule has 2 aromatic heterocycles. The number of hydrogen-bond acceptors (Lipinski definition) is 7. The van der Waals surface area contributed by atoms with Gasteiger partial charge < -0.3 is 19.7 Å². The Labute approximate surface area is 193 Å². The third kappa shape index (κ3) is 5.38. The summed E-state index contributed by atoms with van der Waals surface area (Å²) in [5.41, 5.74) is 1.75. The van der Waals surface area contributed by atoms with Crippen molar-refractivity contribution in [1.82, 2.24) is 19.9 Å². The second kappa shape index (κ2) is 9.83. The molecular weight excluding hydrogens is 414 g/mol. The molecule has 0 unspecified atom stereocenters. The minimum atomic E-state index is 0.409. The molecule has 3 heterocycles. The zero-order valence-corrected chi connectivity index (χ0v) is 18.6. The Kier molecular flexibility index (Phi) is 6.30. The summed E-state index contributed by atoms with van der Waals surface area (Å²) in [7, 11) is 2.17. The van der Waals surface area contributed by atoms with Crippen LogP contribution in [0.1, 0.15) is 12.8 Å². The highest BCUT2D eigenvalue weighted by molar-refractivity contribution is 5.91. The van der Waals surface area contributed by atoms with Crippen molar-refractivity contribution >= 4 is 22.4 Å². The summed E-state index contributed by atoms with van der Waals surface area (Å²) in [5.74, 6) is 2.70. The van der Waals surface area contributed by atoms with Crippen LogP contribution in [0.2, 0.25) is 0 Å². The second-order valence-corrected chi connectivity index (χ2v) is 8.37. The molecule has 5 rings (SSSR count). The van der Waals surface area contributed by atoms with Gasteiger partial charge in [-0.1, -0.05) is 12.1 Å². The number of nitrogens with zero attached hydrogens (tertiary/aromatic N) is 4. The maximum atomic E-state index is 6.05. The highest BCUT2D eigenvalue weighted by atomic mass is 16.5. The molecule has 0 bridgehead atoms. The van der Waals surface area contributed by atoms with Crippen LogP contribution in [0.25, 0.3) is 10.9 Å². The number of likely N-dealkylation sites (tertiary alicyclic amines) is 1. The van der Waals surface area contributed by atoms with Gasteiger partial charge in [-0.3, -0.25) is 4.98 Å². The van der Waals surface area contributed by atoms with Gasteiger partial charge in [-0.2, -0.15) is 9.97 Å². The lowest BCUT2D eigenvalue weighted by atomic mass is 9.98. The average molecular weight is 442 g/mol. The van der Waals surface area contributed by atoms with Crippen LogP contribution in [0, 0.1) is 5.92 Å². The predicted octanol–water partition coefficient (Wildman–Crippen LogP) is 5.28. The van der Waals surface area contributed by atoms with E-state index in [1.165, 1.54) is 0 Å². The maximum Gasteiger partial charge on any atom is 0.318 e. The Morgan fingerprint density at radius 1 is 0.939 bits per heavy atom. The van der Waals surface area contributed by atoms with E-state index in [4.69, 9.17) is 14.5 Å². The van der Waals surface area contributed by atoms with E-state index in [0.717, 1.165) is 54.1 Å². The number of para-hydroxylation sites is 1. The third-order valence-electron chi connectivity index (χ3n) is 5.86. The van der Waals surface area contributed by atoms with Crippen molar-refractivity contribution in [2.75, 3.05) is 32.1 Å². The molecule has 0 radical (unpaired) electrons. The molecule has 7 heteroatoms. The van der Waals surface area contributed by atoms with Crippen LogP contribution in [0.5, 0.6) is 17.5 Å². The molecular formula is C26H27N5O2. The number of benzene rings is 2. The topological polar surface area (TPSA) is 72.4 Å². The average Bonchev–Trinajstić information content (AvgIpc) is 2.85. The van der Waals surface area contributed by atoms with Gasteiger partial charge in [-0.15, -0.1) is 0 Å². The second-order valence-electron chi connectivity index (χ2n) is 8.37. The smallest absolute Gasteiger partial charge is 0.318 e. The van der Waals surface area contributed by atoms with Crippen molar-refractivity contribution in [3.05, 3.63) is 73.1 Å². The number of aromatic nitrogens is 3.